The lowest BCUT2D eigenvalue weighted by Crippen LogP contribution is -2.28. The topological polar surface area (TPSA) is 75.6 Å². The number of hydrogen-bond donors (Lipinski definition) is 2. The summed E-state index contributed by atoms with van der Waals surface area (Å²) in [6.07, 6.45) is 0.567. The Morgan fingerprint density at radius 3 is 2.06 bits per heavy atom. The zero-order valence-electron chi connectivity index (χ0n) is 20.2. The van der Waals surface area contributed by atoms with Gasteiger partial charge in [0.05, 0.1) is 0 Å². The summed E-state index contributed by atoms with van der Waals surface area (Å²) in [6.45, 7) is 2.40. The zero-order valence-corrected chi connectivity index (χ0v) is 20.2. The van der Waals surface area contributed by atoms with Crippen molar-refractivity contribution in [3.8, 4) is 11.5 Å². The maximum atomic E-state index is 13.0. The quantitative estimate of drug-likeness (QED) is 0.277. The predicted molar refractivity (Wildman–Crippen MR) is 141 cm³/mol. The second-order valence-electron chi connectivity index (χ2n) is 8.70. The zero-order chi connectivity index (χ0) is 25.3. The van der Waals surface area contributed by atoms with Gasteiger partial charge in [0, 0.05) is 24.4 Å². The summed E-state index contributed by atoms with van der Waals surface area (Å²) >= 11 is 0. The fourth-order valence-corrected chi connectivity index (χ4v) is 4.19. The molecule has 0 unspecified atom stereocenters. The molecule has 4 aromatic rings. The van der Waals surface area contributed by atoms with Crippen LogP contribution in [0.1, 0.15) is 45.0 Å². The van der Waals surface area contributed by atoms with Gasteiger partial charge in [-0.2, -0.15) is 0 Å². The van der Waals surface area contributed by atoms with E-state index in [1.165, 1.54) is 0 Å². The molecule has 0 saturated carbocycles. The maximum Gasteiger partial charge on any atom is 0.303 e. The molecule has 5 nitrogen and oxygen atoms in total. The monoisotopic (exact) mass is 479 g/mol. The van der Waals surface area contributed by atoms with Gasteiger partial charge in [-0.15, -0.1) is 0 Å². The maximum absolute atomic E-state index is 13.0. The lowest BCUT2D eigenvalue weighted by Gasteiger charge is -2.19. The highest BCUT2D eigenvalue weighted by Gasteiger charge is 2.16. The minimum absolute atomic E-state index is 0.0402. The van der Waals surface area contributed by atoms with Gasteiger partial charge in [0.15, 0.2) is 0 Å². The fourth-order valence-electron chi connectivity index (χ4n) is 4.19. The third-order valence-corrected chi connectivity index (χ3v) is 6.12. The number of ether oxygens (including phenoxy) is 1. The number of aliphatic carboxylic acids is 1. The van der Waals surface area contributed by atoms with Crippen LogP contribution in [0.25, 0.3) is 0 Å². The number of aryl methyl sites for hydroxylation is 2. The molecule has 0 aliphatic carbocycles. The fraction of sp³-hybridized carbons (Fsp3) is 0.161. The molecule has 2 N–H and O–H groups in total. The van der Waals surface area contributed by atoms with E-state index in [4.69, 9.17) is 9.84 Å². The summed E-state index contributed by atoms with van der Waals surface area (Å²) in [6, 6.07) is 33.0. The molecule has 0 aliphatic heterocycles. The molecule has 36 heavy (non-hydrogen) atoms. The van der Waals surface area contributed by atoms with Crippen molar-refractivity contribution < 1.29 is 19.4 Å². The summed E-state index contributed by atoms with van der Waals surface area (Å²) in [7, 11) is 0. The molecule has 0 bridgehead atoms. The van der Waals surface area contributed by atoms with Gasteiger partial charge in [0.25, 0.3) is 5.91 Å². The van der Waals surface area contributed by atoms with Crippen LogP contribution in [0.4, 0.5) is 0 Å². The van der Waals surface area contributed by atoms with Crippen molar-refractivity contribution in [2.75, 3.05) is 6.54 Å². The number of carboxylic acids is 1. The van der Waals surface area contributed by atoms with Crippen LogP contribution in [0.5, 0.6) is 11.5 Å². The Morgan fingerprint density at radius 2 is 1.44 bits per heavy atom. The van der Waals surface area contributed by atoms with Gasteiger partial charge in [-0.05, 0) is 65.9 Å². The van der Waals surface area contributed by atoms with Gasteiger partial charge in [0.2, 0.25) is 0 Å². The minimum Gasteiger partial charge on any atom is -0.481 e. The molecule has 4 aromatic carbocycles. The average molecular weight is 480 g/mol. The Morgan fingerprint density at radius 1 is 0.806 bits per heavy atom. The van der Waals surface area contributed by atoms with E-state index in [2.05, 4.69) is 29.6 Å². The highest BCUT2D eigenvalue weighted by molar-refractivity contribution is 5.94. The molecule has 0 saturated heterocycles. The number of amides is 1. The SMILES string of the molecule is Cc1cc(Oc2cccc(C(=O)NCC(c3ccccc3)c3ccccc3)c2)ccc1CCC(=O)O. The highest BCUT2D eigenvalue weighted by Crippen LogP contribution is 2.26. The average Bonchev–Trinajstić information content (AvgIpc) is 2.89. The first kappa shape index (κ1) is 24.7. The van der Waals surface area contributed by atoms with Crippen molar-refractivity contribution in [3.63, 3.8) is 0 Å². The first-order chi connectivity index (χ1) is 17.5. The van der Waals surface area contributed by atoms with E-state index in [-0.39, 0.29) is 18.2 Å². The van der Waals surface area contributed by atoms with Gasteiger partial charge >= 0.3 is 5.97 Å². The van der Waals surface area contributed by atoms with Crippen LogP contribution in [0.2, 0.25) is 0 Å². The Bertz CT molecular complexity index is 1280. The molecule has 0 heterocycles. The Balaban J connectivity index is 1.44. The van der Waals surface area contributed by atoms with Crippen LogP contribution in [-0.2, 0) is 11.2 Å². The predicted octanol–water partition coefficient (Wildman–Crippen LogP) is 6.37. The smallest absolute Gasteiger partial charge is 0.303 e. The molecule has 4 rings (SSSR count). The van der Waals surface area contributed by atoms with Crippen LogP contribution in [0.15, 0.2) is 103 Å². The van der Waals surface area contributed by atoms with Gasteiger partial charge in [-0.1, -0.05) is 72.8 Å². The summed E-state index contributed by atoms with van der Waals surface area (Å²) < 4.78 is 6.00. The number of carbonyl (C=O) groups excluding carboxylic acids is 1. The van der Waals surface area contributed by atoms with E-state index in [1.54, 1.807) is 24.3 Å². The standard InChI is InChI=1S/C31H29NO4/c1-22-19-28(17-15-23(22)16-18-30(33)34)36-27-14-8-13-26(20-27)31(35)32-21-29(24-9-4-2-5-10-24)25-11-6-3-7-12-25/h2-15,17,19-20,29H,16,18,21H2,1H3,(H,32,35)(H,33,34). The number of carbonyl (C=O) groups is 2. The van der Waals surface area contributed by atoms with E-state index >= 15 is 0 Å². The molecule has 0 spiro atoms. The molecule has 182 valence electrons. The van der Waals surface area contributed by atoms with Crippen molar-refractivity contribution >= 4 is 11.9 Å². The molecule has 0 aromatic heterocycles. The molecule has 5 heteroatoms. The summed E-state index contributed by atoms with van der Waals surface area (Å²) in [5.74, 6) is 0.250. The van der Waals surface area contributed by atoms with E-state index < -0.39 is 5.97 Å². The summed E-state index contributed by atoms with van der Waals surface area (Å²) in [5.41, 5.74) is 4.74. The number of rotatable bonds is 10. The minimum atomic E-state index is -0.816. The first-order valence-electron chi connectivity index (χ1n) is 12.0. The van der Waals surface area contributed by atoms with Crippen LogP contribution >= 0.6 is 0 Å². The van der Waals surface area contributed by atoms with E-state index in [0.717, 1.165) is 22.3 Å². The number of benzene rings is 4. The van der Waals surface area contributed by atoms with Gasteiger partial charge < -0.3 is 15.2 Å². The van der Waals surface area contributed by atoms with Crippen LogP contribution in [0, 0.1) is 6.92 Å². The van der Waals surface area contributed by atoms with Crippen molar-refractivity contribution in [1.82, 2.24) is 5.32 Å². The van der Waals surface area contributed by atoms with Gasteiger partial charge in [-0.25, -0.2) is 0 Å². The second kappa shape index (κ2) is 11.8. The molecular weight excluding hydrogens is 450 g/mol. The van der Waals surface area contributed by atoms with Gasteiger partial charge in [0.1, 0.15) is 11.5 Å². The van der Waals surface area contributed by atoms with E-state index in [9.17, 15) is 9.59 Å². The molecule has 0 radical (unpaired) electrons. The first-order valence-corrected chi connectivity index (χ1v) is 12.0. The Labute approximate surface area is 211 Å². The highest BCUT2D eigenvalue weighted by atomic mass is 16.5. The molecular formula is C31H29NO4. The Hall–Kier alpha value is -4.38. The number of hydrogen-bond acceptors (Lipinski definition) is 3. The summed E-state index contributed by atoms with van der Waals surface area (Å²) in [4.78, 5) is 23.9. The van der Waals surface area contributed by atoms with Crippen molar-refractivity contribution in [1.29, 1.82) is 0 Å². The number of carboxylic acid groups (broad SMARTS) is 1. The van der Waals surface area contributed by atoms with Crippen LogP contribution < -0.4 is 10.1 Å². The Kier molecular flexibility index (Phi) is 8.14. The number of nitrogens with one attached hydrogen (secondary N) is 1. The third-order valence-electron chi connectivity index (χ3n) is 6.12. The molecule has 0 aliphatic rings. The molecule has 0 atom stereocenters. The normalized spacial score (nSPS) is 10.7. The van der Waals surface area contributed by atoms with Crippen molar-refractivity contribution in [2.24, 2.45) is 0 Å². The van der Waals surface area contributed by atoms with Gasteiger partial charge in [-0.3, -0.25) is 9.59 Å². The van der Waals surface area contributed by atoms with Crippen LogP contribution in [0.3, 0.4) is 0 Å². The van der Waals surface area contributed by atoms with E-state index in [0.29, 0.717) is 30.0 Å². The largest absolute Gasteiger partial charge is 0.481 e. The van der Waals surface area contributed by atoms with Crippen molar-refractivity contribution in [2.45, 2.75) is 25.7 Å². The van der Waals surface area contributed by atoms with Crippen LogP contribution in [-0.4, -0.2) is 23.5 Å². The third kappa shape index (κ3) is 6.60. The van der Waals surface area contributed by atoms with Crippen molar-refractivity contribution in [3.05, 3.63) is 131 Å². The second-order valence-corrected chi connectivity index (χ2v) is 8.70. The lowest BCUT2D eigenvalue weighted by molar-refractivity contribution is -0.136. The molecule has 1 amide bonds. The molecule has 0 fully saturated rings. The summed E-state index contributed by atoms with van der Waals surface area (Å²) in [5, 5.41) is 12.0. The lowest BCUT2D eigenvalue weighted by atomic mass is 9.91. The van der Waals surface area contributed by atoms with E-state index in [1.807, 2.05) is 61.5 Å².